The molecule has 16 rings (SSSR count). The summed E-state index contributed by atoms with van der Waals surface area (Å²) in [5.74, 6) is 3.41. The van der Waals surface area contributed by atoms with Crippen LogP contribution in [0.2, 0.25) is 0 Å². The molecular formula is C63H51NS. The van der Waals surface area contributed by atoms with Gasteiger partial charge in [0.2, 0.25) is 0 Å². The van der Waals surface area contributed by atoms with Crippen LogP contribution < -0.4 is 4.90 Å². The minimum Gasteiger partial charge on any atom is -0.310 e. The zero-order chi connectivity index (χ0) is 42.4. The number of benzene rings is 8. The first-order chi connectivity index (χ1) is 32.1. The van der Waals surface area contributed by atoms with E-state index in [0.29, 0.717) is 0 Å². The van der Waals surface area contributed by atoms with Gasteiger partial charge in [0, 0.05) is 48.1 Å². The van der Waals surface area contributed by atoms with Crippen molar-refractivity contribution in [3.63, 3.8) is 0 Å². The predicted molar refractivity (Wildman–Crippen MR) is 273 cm³/mol. The summed E-state index contributed by atoms with van der Waals surface area (Å²) in [6.07, 6.45) is 12.1. The summed E-state index contributed by atoms with van der Waals surface area (Å²) >= 11 is 1.93. The van der Waals surface area contributed by atoms with E-state index in [2.05, 4.69) is 181 Å². The molecule has 5 fully saturated rings. The van der Waals surface area contributed by atoms with Crippen LogP contribution in [0.3, 0.4) is 0 Å². The van der Waals surface area contributed by atoms with Crippen LogP contribution in [0.1, 0.15) is 80.0 Å². The maximum atomic E-state index is 2.66. The summed E-state index contributed by atoms with van der Waals surface area (Å²) in [6.45, 7) is 0. The third-order valence-corrected chi connectivity index (χ3v) is 18.9. The van der Waals surface area contributed by atoms with Crippen molar-refractivity contribution < 1.29 is 0 Å². The van der Waals surface area contributed by atoms with Crippen molar-refractivity contribution in [2.45, 2.75) is 68.6 Å². The van der Waals surface area contributed by atoms with Gasteiger partial charge in [-0.3, -0.25) is 0 Å². The second-order valence-corrected chi connectivity index (χ2v) is 21.9. The number of hydrogen-bond acceptors (Lipinski definition) is 2. The summed E-state index contributed by atoms with van der Waals surface area (Å²) in [4.78, 5) is 2.52. The van der Waals surface area contributed by atoms with Gasteiger partial charge in [0.05, 0.1) is 0 Å². The van der Waals surface area contributed by atoms with E-state index in [1.807, 2.05) is 11.3 Å². The fraction of sp³-hybridized carbons (Fsp3) is 0.238. The molecule has 2 spiro atoms. The maximum absolute atomic E-state index is 2.66. The lowest BCUT2D eigenvalue weighted by Gasteiger charge is -2.61. The molecule has 2 heteroatoms. The highest BCUT2D eigenvalue weighted by molar-refractivity contribution is 7.25. The summed E-state index contributed by atoms with van der Waals surface area (Å²) in [5, 5.41) is 2.69. The van der Waals surface area contributed by atoms with Gasteiger partial charge >= 0.3 is 0 Å². The van der Waals surface area contributed by atoms with Crippen molar-refractivity contribution in [1.29, 1.82) is 0 Å². The lowest BCUT2D eigenvalue weighted by molar-refractivity contribution is -0.0399. The topological polar surface area (TPSA) is 3.24 Å². The number of anilines is 3. The summed E-state index contributed by atoms with van der Waals surface area (Å²) in [5.41, 5.74) is 21.2. The summed E-state index contributed by atoms with van der Waals surface area (Å²) in [7, 11) is 0. The van der Waals surface area contributed by atoms with E-state index in [9.17, 15) is 0 Å². The van der Waals surface area contributed by atoms with E-state index < -0.39 is 0 Å². The SMILES string of the molecule is c1ccc(-c2ccc(N(c3ccc4c(c3)C3(CCCC3)c3ccccc3-4)c3ccc4sc5ccc(-c6ccc7c(c6)[C@]6(c8ccccc8-7)[C@@H]7CC8C[C@@H](C7)C[C@@H]6C8)cc5c4c3)cc2)cc1. The third-order valence-electron chi connectivity index (χ3n) is 17.8. The Morgan fingerprint density at radius 3 is 1.68 bits per heavy atom. The van der Waals surface area contributed by atoms with Crippen molar-refractivity contribution >= 4 is 48.6 Å². The van der Waals surface area contributed by atoms with Crippen LogP contribution in [0.5, 0.6) is 0 Å². The molecule has 8 aromatic carbocycles. The van der Waals surface area contributed by atoms with Gasteiger partial charge in [0.1, 0.15) is 0 Å². The normalized spacial score (nSPS) is 23.6. The molecule has 0 N–H and O–H groups in total. The standard InChI is InChI=1S/C63H51NS/c1-2-10-41(11-3-1)42-16-20-47(21-17-42)64(49-22-25-52-50-12-4-6-14-56(50)62(58(52)38-49)28-8-9-29-62)48-23-27-61-55(37-48)54-35-43(19-26-60(54)65-61)44-18-24-53-51-13-5-7-15-57(51)63(59(53)36-44)45-31-39-30-40(33-45)34-46(63)32-39/h1-7,10-27,35-40,45-46H,8-9,28-34H2/t39-,40?,45-,46+,63+. The first-order valence-corrected chi connectivity index (χ1v) is 25.4. The highest BCUT2D eigenvalue weighted by Crippen LogP contribution is 2.69. The Morgan fingerprint density at radius 2 is 0.908 bits per heavy atom. The molecule has 9 aromatic rings. The van der Waals surface area contributed by atoms with Crippen molar-refractivity contribution in [3.8, 4) is 44.5 Å². The van der Waals surface area contributed by atoms with E-state index in [0.717, 1.165) is 23.7 Å². The highest BCUT2D eigenvalue weighted by atomic mass is 32.1. The Hall–Kier alpha value is -6.22. The van der Waals surface area contributed by atoms with Gasteiger partial charge in [-0.05, 0) is 196 Å². The first-order valence-electron chi connectivity index (χ1n) is 24.5. The van der Waals surface area contributed by atoms with E-state index in [4.69, 9.17) is 0 Å². The molecule has 0 unspecified atom stereocenters. The van der Waals surface area contributed by atoms with E-state index >= 15 is 0 Å². The van der Waals surface area contributed by atoms with Crippen LogP contribution in [0.4, 0.5) is 17.1 Å². The highest BCUT2D eigenvalue weighted by Gasteiger charge is 2.61. The molecule has 0 aliphatic heterocycles. The quantitative estimate of drug-likeness (QED) is 0.167. The minimum atomic E-state index is 0.102. The number of nitrogens with zero attached hydrogens (tertiary/aromatic N) is 1. The molecule has 7 aliphatic carbocycles. The molecular weight excluding hydrogens is 803 g/mol. The minimum absolute atomic E-state index is 0.102. The van der Waals surface area contributed by atoms with Gasteiger partial charge in [-0.15, -0.1) is 11.3 Å². The molecule has 0 atom stereocenters. The van der Waals surface area contributed by atoms with Crippen LogP contribution in [0, 0.1) is 23.7 Å². The fourth-order valence-corrected chi connectivity index (χ4v) is 16.5. The van der Waals surface area contributed by atoms with Crippen LogP contribution in [0.25, 0.3) is 64.7 Å². The molecule has 0 saturated heterocycles. The van der Waals surface area contributed by atoms with Crippen LogP contribution >= 0.6 is 11.3 Å². The lowest BCUT2D eigenvalue weighted by atomic mass is 9.43. The Labute approximate surface area is 386 Å². The Bertz CT molecular complexity index is 3370. The fourth-order valence-electron chi connectivity index (χ4n) is 15.4. The van der Waals surface area contributed by atoms with Gasteiger partial charge in [0.25, 0.3) is 0 Å². The van der Waals surface area contributed by atoms with Gasteiger partial charge in [-0.25, -0.2) is 0 Å². The second kappa shape index (κ2) is 13.7. The van der Waals surface area contributed by atoms with Crippen molar-refractivity contribution in [2.24, 2.45) is 23.7 Å². The Morgan fingerprint density at radius 1 is 0.385 bits per heavy atom. The number of rotatable bonds is 5. The molecule has 0 amide bonds. The molecule has 1 nitrogen and oxygen atoms in total. The second-order valence-electron chi connectivity index (χ2n) is 20.8. The lowest BCUT2D eigenvalue weighted by Crippen LogP contribution is -2.55. The van der Waals surface area contributed by atoms with Gasteiger partial charge in [-0.1, -0.05) is 128 Å². The van der Waals surface area contributed by atoms with Crippen molar-refractivity contribution in [1.82, 2.24) is 0 Å². The molecule has 1 heterocycles. The number of hydrogen-bond donors (Lipinski definition) is 0. The van der Waals surface area contributed by atoms with Crippen LogP contribution in [-0.2, 0) is 10.8 Å². The zero-order valence-corrected chi connectivity index (χ0v) is 37.6. The van der Waals surface area contributed by atoms with Crippen molar-refractivity contribution in [3.05, 3.63) is 198 Å². The molecule has 1 aromatic heterocycles. The Kier molecular flexibility index (Phi) is 7.79. The van der Waals surface area contributed by atoms with Gasteiger partial charge in [-0.2, -0.15) is 0 Å². The smallest absolute Gasteiger partial charge is 0.0468 e. The maximum Gasteiger partial charge on any atom is 0.0468 e. The molecule has 7 aliphatic rings. The van der Waals surface area contributed by atoms with E-state index in [1.54, 1.807) is 11.1 Å². The average Bonchev–Trinajstić information content (AvgIpc) is 4.13. The molecule has 5 saturated carbocycles. The molecule has 65 heavy (non-hydrogen) atoms. The molecule has 314 valence electrons. The predicted octanol–water partition coefficient (Wildman–Crippen LogP) is 17.4. The van der Waals surface area contributed by atoms with Crippen LogP contribution in [0.15, 0.2) is 176 Å². The molecule has 0 radical (unpaired) electrons. The summed E-state index contributed by atoms with van der Waals surface area (Å²) in [6, 6.07) is 68.2. The van der Waals surface area contributed by atoms with E-state index in [-0.39, 0.29) is 10.8 Å². The van der Waals surface area contributed by atoms with E-state index in [1.165, 1.54) is 151 Å². The molecule has 4 bridgehead atoms. The monoisotopic (exact) mass is 853 g/mol. The third kappa shape index (κ3) is 5.15. The van der Waals surface area contributed by atoms with Crippen LogP contribution in [-0.4, -0.2) is 0 Å². The average molecular weight is 854 g/mol. The van der Waals surface area contributed by atoms with Gasteiger partial charge < -0.3 is 4.90 Å². The Balaban J connectivity index is 0.869. The number of fused-ring (bicyclic) bond motifs is 11. The first kappa shape index (κ1) is 37.0. The zero-order valence-electron chi connectivity index (χ0n) is 36.8. The summed E-state index contributed by atoms with van der Waals surface area (Å²) < 4.78 is 2.69. The largest absolute Gasteiger partial charge is 0.310 e. The number of thiophene rings is 1. The van der Waals surface area contributed by atoms with Gasteiger partial charge in [0.15, 0.2) is 0 Å². The van der Waals surface area contributed by atoms with Crippen molar-refractivity contribution in [2.75, 3.05) is 4.90 Å².